The number of aryl methyl sites for hydroxylation is 1. The van der Waals surface area contributed by atoms with Gasteiger partial charge in [-0.25, -0.2) is 0 Å². The minimum Gasteiger partial charge on any atom is -0.382 e. The topological polar surface area (TPSA) is 34.1 Å². The molecule has 1 aromatic carbocycles. The number of pyridine rings is 1. The van der Waals surface area contributed by atoms with Crippen LogP contribution in [-0.4, -0.2) is 24.7 Å². The molecular formula is C18H26N2O. The maximum Gasteiger partial charge on any atom is 0.0705 e. The Kier molecular flexibility index (Phi) is 5.71. The molecule has 1 heterocycles. The molecule has 0 saturated heterocycles. The summed E-state index contributed by atoms with van der Waals surface area (Å²) in [5.41, 5.74) is 3.46. The fourth-order valence-electron chi connectivity index (χ4n) is 2.61. The summed E-state index contributed by atoms with van der Waals surface area (Å²) in [6.07, 6.45) is 2.43. The van der Waals surface area contributed by atoms with Crippen molar-refractivity contribution in [3.63, 3.8) is 0 Å². The summed E-state index contributed by atoms with van der Waals surface area (Å²) in [6.45, 7) is 7.27. The lowest BCUT2D eigenvalue weighted by Crippen LogP contribution is -2.22. The molecule has 114 valence electrons. The molecule has 21 heavy (non-hydrogen) atoms. The Morgan fingerprint density at radius 1 is 1.19 bits per heavy atom. The van der Waals surface area contributed by atoms with Gasteiger partial charge < -0.3 is 10.1 Å². The number of ether oxygens (including phenoxy) is 1. The molecule has 0 bridgehead atoms. The largest absolute Gasteiger partial charge is 0.382 e. The van der Waals surface area contributed by atoms with Crippen LogP contribution in [0.2, 0.25) is 0 Å². The summed E-state index contributed by atoms with van der Waals surface area (Å²) in [4.78, 5) is 4.57. The third-order valence-electron chi connectivity index (χ3n) is 3.97. The van der Waals surface area contributed by atoms with E-state index in [9.17, 15) is 0 Å². The number of fused-ring (bicyclic) bond motifs is 1. The Bertz CT molecular complexity index is 582. The molecular weight excluding hydrogens is 260 g/mol. The van der Waals surface area contributed by atoms with Gasteiger partial charge in [-0.2, -0.15) is 0 Å². The predicted octanol–water partition coefficient (Wildman–Crippen LogP) is 4.01. The van der Waals surface area contributed by atoms with Crippen LogP contribution < -0.4 is 5.32 Å². The van der Waals surface area contributed by atoms with Crippen molar-refractivity contribution in [2.24, 2.45) is 0 Å². The van der Waals surface area contributed by atoms with Crippen molar-refractivity contribution in [2.75, 3.05) is 13.7 Å². The molecule has 3 heteroatoms. The molecule has 2 atom stereocenters. The molecule has 0 saturated carbocycles. The first-order chi connectivity index (χ1) is 10.1. The van der Waals surface area contributed by atoms with Crippen LogP contribution in [0.3, 0.4) is 0 Å². The third-order valence-corrected chi connectivity index (χ3v) is 3.97. The summed E-state index contributed by atoms with van der Waals surface area (Å²) in [5.74, 6) is 0. The second-order valence-electron chi connectivity index (χ2n) is 5.64. The van der Waals surface area contributed by atoms with Crippen LogP contribution in [0.25, 0.3) is 10.9 Å². The molecule has 3 nitrogen and oxygen atoms in total. The Morgan fingerprint density at radius 3 is 2.71 bits per heavy atom. The third kappa shape index (κ3) is 4.26. The highest BCUT2D eigenvalue weighted by Crippen LogP contribution is 2.24. The van der Waals surface area contributed by atoms with E-state index in [4.69, 9.17) is 4.74 Å². The van der Waals surface area contributed by atoms with Crippen LogP contribution in [0.15, 0.2) is 30.3 Å². The molecule has 0 amide bonds. The van der Waals surface area contributed by atoms with E-state index in [-0.39, 0.29) is 0 Å². The first kappa shape index (κ1) is 15.9. The number of rotatable bonds is 7. The van der Waals surface area contributed by atoms with Crippen molar-refractivity contribution in [1.82, 2.24) is 10.3 Å². The van der Waals surface area contributed by atoms with E-state index in [0.717, 1.165) is 30.6 Å². The van der Waals surface area contributed by atoms with Gasteiger partial charge in [0.1, 0.15) is 0 Å². The van der Waals surface area contributed by atoms with Gasteiger partial charge in [0.15, 0.2) is 0 Å². The van der Waals surface area contributed by atoms with Crippen molar-refractivity contribution in [3.05, 3.63) is 41.6 Å². The molecule has 2 unspecified atom stereocenters. The second-order valence-corrected chi connectivity index (χ2v) is 5.64. The van der Waals surface area contributed by atoms with Crippen LogP contribution in [0.4, 0.5) is 0 Å². The Balaban J connectivity index is 2.20. The van der Waals surface area contributed by atoms with Gasteiger partial charge in [0.25, 0.3) is 0 Å². The highest BCUT2D eigenvalue weighted by molar-refractivity contribution is 5.79. The highest BCUT2D eigenvalue weighted by Gasteiger charge is 2.13. The summed E-state index contributed by atoms with van der Waals surface area (Å²) >= 11 is 0. The SMILES string of the molecule is CCNC(CCC(C)OC)c1ccc2nc(C)ccc2c1. The van der Waals surface area contributed by atoms with E-state index in [1.165, 1.54) is 10.9 Å². The first-order valence-corrected chi connectivity index (χ1v) is 7.77. The molecule has 0 radical (unpaired) electrons. The Hall–Kier alpha value is -1.45. The normalized spacial score (nSPS) is 14.3. The van der Waals surface area contributed by atoms with Gasteiger partial charge in [-0.3, -0.25) is 4.98 Å². The minimum absolute atomic E-state index is 0.302. The van der Waals surface area contributed by atoms with Gasteiger partial charge in [-0.05, 0) is 57.0 Å². The average Bonchev–Trinajstić information content (AvgIpc) is 2.50. The van der Waals surface area contributed by atoms with E-state index in [1.807, 2.05) is 6.92 Å². The van der Waals surface area contributed by atoms with Crippen molar-refractivity contribution >= 4 is 10.9 Å². The summed E-state index contributed by atoms with van der Waals surface area (Å²) in [7, 11) is 1.77. The van der Waals surface area contributed by atoms with Gasteiger partial charge in [-0.15, -0.1) is 0 Å². The van der Waals surface area contributed by atoms with Crippen LogP contribution in [-0.2, 0) is 4.74 Å². The molecule has 0 spiro atoms. The lowest BCUT2D eigenvalue weighted by molar-refractivity contribution is 0.106. The molecule has 0 fully saturated rings. The first-order valence-electron chi connectivity index (χ1n) is 7.77. The fourth-order valence-corrected chi connectivity index (χ4v) is 2.61. The number of aromatic nitrogens is 1. The van der Waals surface area contributed by atoms with E-state index < -0.39 is 0 Å². The van der Waals surface area contributed by atoms with E-state index in [0.29, 0.717) is 12.1 Å². The minimum atomic E-state index is 0.302. The van der Waals surface area contributed by atoms with Crippen molar-refractivity contribution in [1.29, 1.82) is 0 Å². The summed E-state index contributed by atoms with van der Waals surface area (Å²) in [5, 5.41) is 4.79. The number of nitrogens with one attached hydrogen (secondary N) is 1. The van der Waals surface area contributed by atoms with Gasteiger partial charge in [0, 0.05) is 24.2 Å². The van der Waals surface area contributed by atoms with Crippen LogP contribution in [0, 0.1) is 6.92 Å². The smallest absolute Gasteiger partial charge is 0.0705 e. The van der Waals surface area contributed by atoms with E-state index in [2.05, 4.69) is 54.5 Å². The number of methoxy groups -OCH3 is 1. The van der Waals surface area contributed by atoms with Gasteiger partial charge in [0.2, 0.25) is 0 Å². The van der Waals surface area contributed by atoms with Crippen LogP contribution in [0.5, 0.6) is 0 Å². The summed E-state index contributed by atoms with van der Waals surface area (Å²) in [6, 6.07) is 11.2. The standard InChI is InChI=1S/C18H26N2O/c1-5-19-17(10-7-14(3)21-4)15-9-11-18-16(12-15)8-6-13(2)20-18/h6,8-9,11-12,14,17,19H,5,7,10H2,1-4H3. The zero-order chi connectivity index (χ0) is 15.2. The van der Waals surface area contributed by atoms with Gasteiger partial charge in [0.05, 0.1) is 11.6 Å². The molecule has 0 aliphatic heterocycles. The zero-order valence-corrected chi connectivity index (χ0v) is 13.5. The summed E-state index contributed by atoms with van der Waals surface area (Å²) < 4.78 is 5.36. The molecule has 0 aliphatic carbocycles. The fraction of sp³-hybridized carbons (Fsp3) is 0.500. The lowest BCUT2D eigenvalue weighted by atomic mass is 9.98. The van der Waals surface area contributed by atoms with Crippen molar-refractivity contribution < 1.29 is 4.74 Å². The quantitative estimate of drug-likeness (QED) is 0.835. The number of hydrogen-bond acceptors (Lipinski definition) is 3. The Labute approximate surface area is 127 Å². The highest BCUT2D eigenvalue weighted by atomic mass is 16.5. The predicted molar refractivity (Wildman–Crippen MR) is 88.6 cm³/mol. The number of benzene rings is 1. The zero-order valence-electron chi connectivity index (χ0n) is 13.5. The maximum atomic E-state index is 5.36. The van der Waals surface area contributed by atoms with Crippen LogP contribution in [0.1, 0.15) is 44.0 Å². The maximum absolute atomic E-state index is 5.36. The van der Waals surface area contributed by atoms with Crippen molar-refractivity contribution in [3.8, 4) is 0 Å². The van der Waals surface area contributed by atoms with E-state index in [1.54, 1.807) is 7.11 Å². The molecule has 1 N–H and O–H groups in total. The van der Waals surface area contributed by atoms with Gasteiger partial charge >= 0.3 is 0 Å². The van der Waals surface area contributed by atoms with Gasteiger partial charge in [-0.1, -0.05) is 19.1 Å². The number of nitrogens with zero attached hydrogens (tertiary/aromatic N) is 1. The number of hydrogen-bond donors (Lipinski definition) is 1. The van der Waals surface area contributed by atoms with Crippen LogP contribution >= 0.6 is 0 Å². The second kappa shape index (κ2) is 7.53. The lowest BCUT2D eigenvalue weighted by Gasteiger charge is -2.20. The molecule has 0 aliphatic rings. The molecule has 2 aromatic rings. The molecule has 2 rings (SSSR count). The average molecular weight is 286 g/mol. The van der Waals surface area contributed by atoms with Crippen molar-refractivity contribution in [2.45, 2.75) is 45.8 Å². The monoisotopic (exact) mass is 286 g/mol. The Morgan fingerprint density at radius 2 is 2.00 bits per heavy atom. The molecule has 1 aromatic heterocycles. The van der Waals surface area contributed by atoms with E-state index >= 15 is 0 Å².